The van der Waals surface area contributed by atoms with Crippen LogP contribution in [0.2, 0.25) is 0 Å². The Morgan fingerprint density at radius 3 is 1.67 bits per heavy atom. The average Bonchev–Trinajstić information content (AvgIpc) is 2.01. The Kier molecular flexibility index (Phi) is 3.94. The normalized spacial score (nSPS) is 14.8. The lowest BCUT2D eigenvalue weighted by Gasteiger charge is -2.30. The molecule has 0 aromatic heterocycles. The van der Waals surface area contributed by atoms with Gasteiger partial charge in [-0.25, -0.2) is 4.74 Å². The van der Waals surface area contributed by atoms with Gasteiger partial charge in [0.2, 0.25) is 0 Å². The van der Waals surface area contributed by atoms with Gasteiger partial charge in [0.25, 0.3) is 0 Å². The Morgan fingerprint density at radius 2 is 1.40 bits per heavy atom. The van der Waals surface area contributed by atoms with E-state index < -0.39 is 31.0 Å². The molecule has 0 bridgehead atoms. The molecule has 0 N–H and O–H groups in total. The summed E-state index contributed by atoms with van der Waals surface area (Å²) in [6.45, 7) is -3.02. The third kappa shape index (κ3) is 2.70. The van der Waals surface area contributed by atoms with E-state index in [1.807, 2.05) is 0 Å². The Bertz CT molecular complexity index is 213. The molecule has 1 radical (unpaired) electrons. The molecule has 0 amide bonds. The molecule has 0 atom stereocenters. The summed E-state index contributed by atoms with van der Waals surface area (Å²) in [4.78, 5) is 0. The van der Waals surface area contributed by atoms with Crippen LogP contribution in [0.25, 0.3) is 0 Å². The number of alkyl halides is 6. The minimum absolute atomic E-state index is 0.500. The highest BCUT2D eigenvalue weighted by molar-refractivity contribution is 4.91. The Balaban J connectivity index is 5.00. The van der Waals surface area contributed by atoms with Gasteiger partial charge in [0, 0.05) is 6.42 Å². The number of halogens is 8. The molecule has 0 saturated heterocycles. The van der Waals surface area contributed by atoms with E-state index in [9.17, 15) is 35.1 Å². The topological polar surface area (TPSA) is 9.23 Å². The van der Waals surface area contributed by atoms with Gasteiger partial charge in [-0.15, -0.1) is 0 Å². The summed E-state index contributed by atoms with van der Waals surface area (Å²) in [5, 5.41) is 0. The summed E-state index contributed by atoms with van der Waals surface area (Å²) >= 11 is 0. The van der Waals surface area contributed by atoms with Gasteiger partial charge in [-0.05, 0) is 0 Å². The molecule has 0 rings (SSSR count). The van der Waals surface area contributed by atoms with Gasteiger partial charge in [0.15, 0.2) is 0 Å². The zero-order valence-corrected chi connectivity index (χ0v) is 7.14. The van der Waals surface area contributed by atoms with Crippen molar-refractivity contribution in [2.45, 2.75) is 31.3 Å². The van der Waals surface area contributed by atoms with Crippen LogP contribution in [0.1, 0.15) is 13.3 Å². The van der Waals surface area contributed by atoms with Crippen molar-refractivity contribution in [1.82, 2.24) is 0 Å². The molecule has 0 aliphatic rings. The third-order valence-electron chi connectivity index (χ3n) is 1.47. The molecule has 15 heavy (non-hydrogen) atoms. The van der Waals surface area contributed by atoms with Crippen LogP contribution in [0.4, 0.5) is 35.1 Å². The number of hydrogen-bond donors (Lipinski definition) is 0. The Morgan fingerprint density at radius 1 is 1.00 bits per heavy atom. The van der Waals surface area contributed by atoms with E-state index in [1.54, 1.807) is 0 Å². The van der Waals surface area contributed by atoms with E-state index in [0.717, 1.165) is 0 Å². The number of ether oxygens (including phenoxy) is 1. The predicted molar refractivity (Wildman–Crippen MR) is 31.7 cm³/mol. The third-order valence-corrected chi connectivity index (χ3v) is 1.47. The van der Waals surface area contributed by atoms with Gasteiger partial charge >= 0.3 is 24.6 Å². The van der Waals surface area contributed by atoms with E-state index in [4.69, 9.17) is 0 Å². The second kappa shape index (κ2) is 4.11. The van der Waals surface area contributed by atoms with Gasteiger partial charge < -0.3 is 0 Å². The molecule has 1 nitrogen and oxygen atoms in total. The Labute approximate surface area is 79.0 Å². The summed E-state index contributed by atoms with van der Waals surface area (Å²) in [7, 11) is 0. The SMILES string of the molecule is CCC(F)(F)C(F)(F)C(F)(F)O[C](F)F. The van der Waals surface area contributed by atoms with Crippen LogP contribution >= 0.6 is 0 Å². The van der Waals surface area contributed by atoms with Crippen molar-refractivity contribution in [2.24, 2.45) is 0 Å². The zero-order chi connectivity index (χ0) is 12.5. The fourth-order valence-corrected chi connectivity index (χ4v) is 0.596. The van der Waals surface area contributed by atoms with E-state index >= 15 is 0 Å². The molecule has 0 fully saturated rings. The molecule has 0 heterocycles. The molecule has 91 valence electrons. The van der Waals surface area contributed by atoms with Crippen molar-refractivity contribution in [1.29, 1.82) is 0 Å². The van der Waals surface area contributed by atoms with Gasteiger partial charge in [-0.1, -0.05) is 6.92 Å². The van der Waals surface area contributed by atoms with E-state index in [-0.39, 0.29) is 0 Å². The highest BCUT2D eigenvalue weighted by Crippen LogP contribution is 2.48. The summed E-state index contributed by atoms with van der Waals surface area (Å²) in [6.07, 6.45) is -7.61. The van der Waals surface area contributed by atoms with E-state index in [0.29, 0.717) is 6.92 Å². The largest absolute Gasteiger partial charge is 0.453 e. The minimum atomic E-state index is -6.02. The monoisotopic (exact) mass is 245 g/mol. The first-order valence-corrected chi connectivity index (χ1v) is 3.48. The quantitative estimate of drug-likeness (QED) is 0.671. The molecule has 0 saturated carbocycles. The molecular weight excluding hydrogens is 240 g/mol. The highest BCUT2D eigenvalue weighted by Gasteiger charge is 2.73. The van der Waals surface area contributed by atoms with Crippen LogP contribution in [-0.2, 0) is 4.74 Å². The molecule has 0 aliphatic carbocycles. The van der Waals surface area contributed by atoms with Gasteiger partial charge in [0.1, 0.15) is 0 Å². The first kappa shape index (κ1) is 14.4. The van der Waals surface area contributed by atoms with E-state index in [1.165, 1.54) is 0 Å². The minimum Gasteiger partial charge on any atom is -0.243 e. The maximum atomic E-state index is 12.4. The second-order valence-corrected chi connectivity index (χ2v) is 2.48. The standard InChI is InChI=1S/C6H5F8O/c1-2-4(9,10)5(11,12)6(13,14)15-3(7)8/h2H2,1H3. The fraction of sp³-hybridized carbons (Fsp3) is 0.833. The van der Waals surface area contributed by atoms with Crippen molar-refractivity contribution >= 4 is 0 Å². The number of hydrogen-bond acceptors (Lipinski definition) is 1. The summed E-state index contributed by atoms with van der Waals surface area (Å²) < 4.78 is 98.2. The van der Waals surface area contributed by atoms with E-state index in [2.05, 4.69) is 4.74 Å². The van der Waals surface area contributed by atoms with Crippen molar-refractivity contribution < 1.29 is 39.9 Å². The first-order valence-electron chi connectivity index (χ1n) is 3.48. The summed E-state index contributed by atoms with van der Waals surface area (Å²) in [5.74, 6) is -11.2. The van der Waals surface area contributed by atoms with Crippen molar-refractivity contribution in [2.75, 3.05) is 0 Å². The van der Waals surface area contributed by atoms with Crippen LogP contribution in [0.3, 0.4) is 0 Å². The Hall–Kier alpha value is -0.600. The van der Waals surface area contributed by atoms with Crippen molar-refractivity contribution in [3.8, 4) is 0 Å². The highest BCUT2D eigenvalue weighted by atomic mass is 19.4. The van der Waals surface area contributed by atoms with Crippen LogP contribution in [0.15, 0.2) is 0 Å². The maximum Gasteiger partial charge on any atom is 0.453 e. The average molecular weight is 245 g/mol. The lowest BCUT2D eigenvalue weighted by atomic mass is 10.1. The molecule has 0 unspecified atom stereocenters. The zero-order valence-electron chi connectivity index (χ0n) is 7.14. The predicted octanol–water partition coefficient (Wildman–Crippen LogP) is 3.66. The maximum absolute atomic E-state index is 12.4. The molecule has 0 spiro atoms. The van der Waals surface area contributed by atoms with Gasteiger partial charge in [0.05, 0.1) is 0 Å². The molecule has 0 aliphatic heterocycles. The lowest BCUT2D eigenvalue weighted by molar-refractivity contribution is -0.409. The van der Waals surface area contributed by atoms with Crippen LogP contribution in [0, 0.1) is 6.61 Å². The lowest BCUT2D eigenvalue weighted by Crippen LogP contribution is -2.55. The number of rotatable bonds is 5. The molecular formula is C6H5F8O. The smallest absolute Gasteiger partial charge is 0.243 e. The second-order valence-electron chi connectivity index (χ2n) is 2.48. The van der Waals surface area contributed by atoms with Crippen molar-refractivity contribution in [3.05, 3.63) is 6.61 Å². The summed E-state index contributed by atoms with van der Waals surface area (Å²) in [5.41, 5.74) is 0. The fourth-order valence-electron chi connectivity index (χ4n) is 0.596. The van der Waals surface area contributed by atoms with Crippen LogP contribution in [-0.4, -0.2) is 18.0 Å². The van der Waals surface area contributed by atoms with Gasteiger partial charge in [-0.2, -0.15) is 35.1 Å². The van der Waals surface area contributed by atoms with Crippen LogP contribution in [0.5, 0.6) is 0 Å². The first-order chi connectivity index (χ1) is 6.48. The summed E-state index contributed by atoms with van der Waals surface area (Å²) in [6, 6.07) is 0. The molecule has 0 aromatic carbocycles. The molecule has 0 aromatic rings. The van der Waals surface area contributed by atoms with Crippen molar-refractivity contribution in [3.63, 3.8) is 0 Å². The van der Waals surface area contributed by atoms with Crippen LogP contribution < -0.4 is 0 Å². The van der Waals surface area contributed by atoms with Gasteiger partial charge in [-0.3, -0.25) is 0 Å². The molecule has 9 heteroatoms.